The minimum absolute atomic E-state index is 0.0213. The number of rotatable bonds is 4. The number of ketones is 1. The van der Waals surface area contributed by atoms with Gasteiger partial charge in [-0.2, -0.15) is 0 Å². The van der Waals surface area contributed by atoms with E-state index in [0.29, 0.717) is 16.0 Å². The number of halogens is 3. The number of carbonyl (C=O) groups is 2. The fourth-order valence-electron chi connectivity index (χ4n) is 2.64. The number of amides is 1. The van der Waals surface area contributed by atoms with Crippen LogP contribution in [0.3, 0.4) is 0 Å². The Labute approximate surface area is 173 Å². The van der Waals surface area contributed by atoms with Gasteiger partial charge in [0, 0.05) is 27.5 Å². The van der Waals surface area contributed by atoms with E-state index in [0.717, 1.165) is 4.47 Å². The zero-order valence-electron chi connectivity index (χ0n) is 14.4. The van der Waals surface area contributed by atoms with Gasteiger partial charge in [-0.25, -0.2) is 4.79 Å². The summed E-state index contributed by atoms with van der Waals surface area (Å²) in [4.78, 5) is 26.6. The Morgan fingerprint density at radius 2 is 1.85 bits per heavy atom. The molecule has 0 aliphatic carbocycles. The Hall–Kier alpha value is -2.02. The summed E-state index contributed by atoms with van der Waals surface area (Å²) in [6, 6.07) is 9.90. The van der Waals surface area contributed by atoms with Gasteiger partial charge in [0.2, 0.25) is 5.78 Å². The normalized spacial score (nSPS) is 10.9. The van der Waals surface area contributed by atoms with E-state index in [1.165, 1.54) is 18.0 Å². The van der Waals surface area contributed by atoms with Gasteiger partial charge in [0.05, 0.1) is 11.6 Å². The molecule has 0 N–H and O–H groups in total. The lowest BCUT2D eigenvalue weighted by Gasteiger charge is -2.16. The van der Waals surface area contributed by atoms with Crippen LogP contribution in [0.25, 0.3) is 11.0 Å². The lowest BCUT2D eigenvalue weighted by molar-refractivity contribution is 0.101. The van der Waals surface area contributed by atoms with Crippen LogP contribution in [0, 0.1) is 0 Å². The molecule has 3 rings (SSSR count). The Morgan fingerprint density at radius 1 is 1.19 bits per heavy atom. The molecule has 0 aliphatic rings. The minimum Gasteiger partial charge on any atom is -0.449 e. The van der Waals surface area contributed by atoms with Crippen molar-refractivity contribution in [2.75, 3.05) is 18.6 Å². The molecule has 1 heterocycles. The van der Waals surface area contributed by atoms with Gasteiger partial charge in [0.1, 0.15) is 5.69 Å². The van der Waals surface area contributed by atoms with Gasteiger partial charge in [-0.05, 0) is 43.3 Å². The van der Waals surface area contributed by atoms with Crippen LogP contribution in [0.5, 0.6) is 0 Å². The van der Waals surface area contributed by atoms with Crippen molar-refractivity contribution in [3.8, 4) is 0 Å². The van der Waals surface area contributed by atoms with Crippen LogP contribution in [0.4, 0.5) is 10.5 Å². The summed E-state index contributed by atoms with van der Waals surface area (Å²) in [5, 5.41) is 1.05. The fraction of sp³-hybridized carbons (Fsp3) is 0.158. The Bertz CT molecular complexity index is 1030. The van der Waals surface area contributed by atoms with E-state index in [-0.39, 0.29) is 28.7 Å². The topological polar surface area (TPSA) is 59.8 Å². The summed E-state index contributed by atoms with van der Waals surface area (Å²) >= 11 is 15.7. The average Bonchev–Trinajstić information content (AvgIpc) is 3.01. The number of furan rings is 1. The molecule has 0 aliphatic heterocycles. The van der Waals surface area contributed by atoms with Crippen molar-refractivity contribution >= 4 is 67.7 Å². The van der Waals surface area contributed by atoms with Gasteiger partial charge in [-0.3, -0.25) is 9.69 Å². The zero-order valence-corrected chi connectivity index (χ0v) is 17.5. The van der Waals surface area contributed by atoms with E-state index in [9.17, 15) is 9.59 Å². The third-order valence-electron chi connectivity index (χ3n) is 3.87. The summed E-state index contributed by atoms with van der Waals surface area (Å²) in [5.74, 6) is -0.413. The largest absolute Gasteiger partial charge is 0.449 e. The molecule has 0 radical (unpaired) electrons. The van der Waals surface area contributed by atoms with E-state index >= 15 is 0 Å². The molecule has 2 aromatic carbocycles. The van der Waals surface area contributed by atoms with Crippen molar-refractivity contribution in [1.29, 1.82) is 0 Å². The van der Waals surface area contributed by atoms with Crippen LogP contribution in [0.2, 0.25) is 10.0 Å². The number of nitrogens with zero attached hydrogens (tertiary/aromatic N) is 1. The Morgan fingerprint density at radius 3 is 2.48 bits per heavy atom. The maximum Gasteiger partial charge on any atom is 0.414 e. The molecule has 0 saturated carbocycles. The van der Waals surface area contributed by atoms with Crippen LogP contribution in [0.1, 0.15) is 23.0 Å². The van der Waals surface area contributed by atoms with Crippen LogP contribution in [-0.4, -0.2) is 25.5 Å². The first-order valence-corrected chi connectivity index (χ1v) is 9.50. The van der Waals surface area contributed by atoms with Gasteiger partial charge in [0.15, 0.2) is 11.3 Å². The highest BCUT2D eigenvalue weighted by molar-refractivity contribution is 9.10. The zero-order chi connectivity index (χ0) is 19.7. The van der Waals surface area contributed by atoms with Gasteiger partial charge in [-0.1, -0.05) is 39.1 Å². The summed E-state index contributed by atoms with van der Waals surface area (Å²) in [5.41, 5.74) is 0.923. The van der Waals surface area contributed by atoms with Crippen molar-refractivity contribution in [2.24, 2.45) is 0 Å². The number of ether oxygens (including phenoxy) is 1. The standard InChI is InChI=1S/C19H14BrCl2NO4/c1-3-26-19(25)23(2)15-13-8-12(21)9-14(22)17(13)27-18(15)16(24)10-4-6-11(20)7-5-10/h4-9H,3H2,1-2H3. The second-order valence-electron chi connectivity index (χ2n) is 5.64. The van der Waals surface area contributed by atoms with Crippen LogP contribution in [-0.2, 0) is 4.74 Å². The predicted molar refractivity (Wildman–Crippen MR) is 109 cm³/mol. The van der Waals surface area contributed by atoms with E-state index in [2.05, 4.69) is 15.9 Å². The molecule has 8 heteroatoms. The molecule has 140 valence electrons. The smallest absolute Gasteiger partial charge is 0.414 e. The number of hydrogen-bond acceptors (Lipinski definition) is 4. The first-order chi connectivity index (χ1) is 12.8. The Kier molecular flexibility index (Phi) is 5.79. The van der Waals surface area contributed by atoms with Crippen molar-refractivity contribution < 1.29 is 18.7 Å². The summed E-state index contributed by atoms with van der Waals surface area (Å²) in [6.45, 7) is 1.89. The molecule has 27 heavy (non-hydrogen) atoms. The first kappa shape index (κ1) is 19.7. The second-order valence-corrected chi connectivity index (χ2v) is 7.40. The molecule has 5 nitrogen and oxygen atoms in total. The maximum atomic E-state index is 13.1. The number of fused-ring (bicyclic) bond motifs is 1. The first-order valence-electron chi connectivity index (χ1n) is 7.95. The van der Waals surface area contributed by atoms with Gasteiger partial charge < -0.3 is 9.15 Å². The maximum absolute atomic E-state index is 13.1. The minimum atomic E-state index is -0.624. The quantitative estimate of drug-likeness (QED) is 0.418. The van der Waals surface area contributed by atoms with Crippen LogP contribution in [0.15, 0.2) is 45.3 Å². The highest BCUT2D eigenvalue weighted by Gasteiger charge is 2.29. The molecule has 0 bridgehead atoms. The van der Waals surface area contributed by atoms with Crippen LogP contribution >= 0.6 is 39.1 Å². The highest BCUT2D eigenvalue weighted by Crippen LogP contribution is 2.40. The van der Waals surface area contributed by atoms with Crippen molar-refractivity contribution in [2.45, 2.75) is 6.92 Å². The molecule has 0 fully saturated rings. The van der Waals surface area contributed by atoms with Crippen molar-refractivity contribution in [3.63, 3.8) is 0 Å². The number of carbonyl (C=O) groups excluding carboxylic acids is 2. The van der Waals surface area contributed by atoms with Gasteiger partial charge >= 0.3 is 6.09 Å². The second kappa shape index (κ2) is 7.92. The summed E-state index contributed by atoms with van der Waals surface area (Å²) < 4.78 is 11.7. The molecule has 1 amide bonds. The monoisotopic (exact) mass is 469 g/mol. The van der Waals surface area contributed by atoms with Crippen molar-refractivity contribution in [3.05, 3.63) is 62.2 Å². The predicted octanol–water partition coefficient (Wildman–Crippen LogP) is 6.33. The highest BCUT2D eigenvalue weighted by atomic mass is 79.9. The Balaban J connectivity index is 2.23. The van der Waals surface area contributed by atoms with Gasteiger partial charge in [-0.15, -0.1) is 0 Å². The third kappa shape index (κ3) is 3.83. The average molecular weight is 471 g/mol. The molecular weight excluding hydrogens is 457 g/mol. The summed E-state index contributed by atoms with van der Waals surface area (Å²) in [7, 11) is 1.50. The number of benzene rings is 2. The van der Waals surface area contributed by atoms with E-state index in [4.69, 9.17) is 32.4 Å². The third-order valence-corrected chi connectivity index (χ3v) is 4.90. The van der Waals surface area contributed by atoms with Gasteiger partial charge in [0.25, 0.3) is 0 Å². The molecule has 0 spiro atoms. The number of hydrogen-bond donors (Lipinski definition) is 0. The molecule has 0 unspecified atom stereocenters. The van der Waals surface area contributed by atoms with Crippen LogP contribution < -0.4 is 4.90 Å². The fourth-order valence-corrected chi connectivity index (χ4v) is 3.44. The SMILES string of the molecule is CCOC(=O)N(C)c1c(C(=O)c2ccc(Br)cc2)oc2c(Cl)cc(Cl)cc12. The van der Waals surface area contributed by atoms with E-state index < -0.39 is 11.9 Å². The molecule has 3 aromatic rings. The molecular formula is C19H14BrCl2NO4. The lowest BCUT2D eigenvalue weighted by Crippen LogP contribution is -2.28. The lowest BCUT2D eigenvalue weighted by atomic mass is 10.1. The van der Waals surface area contributed by atoms with E-state index in [1.54, 1.807) is 37.3 Å². The summed E-state index contributed by atoms with van der Waals surface area (Å²) in [6.07, 6.45) is -0.624. The number of anilines is 1. The molecule has 0 saturated heterocycles. The van der Waals surface area contributed by atoms with E-state index in [1.807, 2.05) is 0 Å². The molecule has 0 atom stereocenters. The van der Waals surface area contributed by atoms with Crippen molar-refractivity contribution in [1.82, 2.24) is 0 Å². The molecule has 1 aromatic heterocycles.